The van der Waals surface area contributed by atoms with Crippen LogP contribution < -0.4 is 11.1 Å². The molecule has 0 bridgehead atoms. The van der Waals surface area contributed by atoms with Gasteiger partial charge in [-0.05, 0) is 12.5 Å². The molecule has 0 saturated heterocycles. The van der Waals surface area contributed by atoms with E-state index < -0.39 is 0 Å². The Balaban J connectivity index is 0.00000289. The first-order valence-electron chi connectivity index (χ1n) is 5.54. The maximum Gasteiger partial charge on any atom is 0.253 e. The van der Waals surface area contributed by atoms with Gasteiger partial charge in [-0.15, -0.1) is 23.7 Å². The van der Waals surface area contributed by atoms with E-state index in [0.717, 1.165) is 19.3 Å². The molecule has 0 aliphatic carbocycles. The van der Waals surface area contributed by atoms with Crippen LogP contribution in [0.5, 0.6) is 0 Å². The fourth-order valence-electron chi connectivity index (χ4n) is 1.46. The minimum atomic E-state index is -0.204. The quantitative estimate of drug-likeness (QED) is 0.834. The zero-order valence-electron chi connectivity index (χ0n) is 10.0. The lowest BCUT2D eigenvalue weighted by atomic mass is 10.1. The predicted octanol–water partition coefficient (Wildman–Crippen LogP) is 3.72. The highest BCUT2D eigenvalue weighted by Crippen LogP contribution is 2.31. The van der Waals surface area contributed by atoms with Crippen LogP contribution in [0, 0.1) is 0 Å². The molecular weight excluding hydrogens is 315 g/mol. The van der Waals surface area contributed by atoms with Gasteiger partial charge in [-0.1, -0.05) is 43.0 Å². The number of amides is 1. The summed E-state index contributed by atoms with van der Waals surface area (Å²) in [6, 6.07) is 1.58. The van der Waals surface area contributed by atoms with Crippen LogP contribution in [0.1, 0.15) is 36.5 Å². The third-order valence-electron chi connectivity index (χ3n) is 2.43. The zero-order chi connectivity index (χ0) is 12.8. The Kier molecular flexibility index (Phi) is 8.99. The summed E-state index contributed by atoms with van der Waals surface area (Å²) >= 11 is 12.9. The van der Waals surface area contributed by atoms with Gasteiger partial charge in [0.1, 0.15) is 4.34 Å². The van der Waals surface area contributed by atoms with Crippen LogP contribution in [0.3, 0.4) is 0 Å². The van der Waals surface area contributed by atoms with Crippen LogP contribution >= 0.6 is 46.9 Å². The second kappa shape index (κ2) is 8.99. The van der Waals surface area contributed by atoms with Crippen LogP contribution in [0.15, 0.2) is 6.07 Å². The van der Waals surface area contributed by atoms with Crippen molar-refractivity contribution in [3.05, 3.63) is 20.3 Å². The summed E-state index contributed by atoms with van der Waals surface area (Å²) in [5, 5.41) is 2.87. The van der Waals surface area contributed by atoms with Crippen molar-refractivity contribution in [1.29, 1.82) is 0 Å². The maximum atomic E-state index is 11.9. The summed E-state index contributed by atoms with van der Waals surface area (Å²) in [5.41, 5.74) is 6.04. The van der Waals surface area contributed by atoms with Crippen molar-refractivity contribution in [3.63, 3.8) is 0 Å². The van der Waals surface area contributed by atoms with E-state index in [4.69, 9.17) is 28.9 Å². The summed E-state index contributed by atoms with van der Waals surface area (Å²) in [6.07, 6.45) is 3.01. The van der Waals surface area contributed by atoms with Gasteiger partial charge >= 0.3 is 0 Å². The number of thiophene rings is 1. The number of hydrogen-bond donors (Lipinski definition) is 2. The van der Waals surface area contributed by atoms with E-state index in [1.165, 1.54) is 11.3 Å². The summed E-state index contributed by atoms with van der Waals surface area (Å²) in [5.74, 6) is -0.204. The van der Waals surface area contributed by atoms with Crippen LogP contribution in [-0.4, -0.2) is 18.5 Å². The molecule has 1 aromatic heterocycles. The van der Waals surface area contributed by atoms with E-state index in [1.807, 2.05) is 0 Å². The van der Waals surface area contributed by atoms with Crippen molar-refractivity contribution in [2.75, 3.05) is 6.54 Å². The van der Waals surface area contributed by atoms with Gasteiger partial charge in [0, 0.05) is 12.6 Å². The highest BCUT2D eigenvalue weighted by molar-refractivity contribution is 7.20. The van der Waals surface area contributed by atoms with Crippen molar-refractivity contribution in [3.8, 4) is 0 Å². The number of carbonyl (C=O) groups excluding carboxylic acids is 1. The second-order valence-electron chi connectivity index (χ2n) is 3.79. The molecule has 0 radical (unpaired) electrons. The van der Waals surface area contributed by atoms with E-state index >= 15 is 0 Å². The molecule has 1 aromatic rings. The number of carbonyl (C=O) groups is 1. The van der Waals surface area contributed by atoms with Crippen molar-refractivity contribution in [2.24, 2.45) is 5.73 Å². The average molecular weight is 332 g/mol. The van der Waals surface area contributed by atoms with Gasteiger partial charge in [-0.2, -0.15) is 0 Å². The molecular formula is C11H17Cl3N2OS. The number of unbranched alkanes of at least 4 members (excludes halogenated alkanes) is 1. The third kappa shape index (κ3) is 5.33. The third-order valence-corrected chi connectivity index (χ3v) is 3.91. The van der Waals surface area contributed by atoms with E-state index in [1.54, 1.807) is 6.07 Å². The van der Waals surface area contributed by atoms with Gasteiger partial charge in [-0.3, -0.25) is 4.79 Å². The standard InChI is InChI=1S/C11H16Cl2N2OS.ClH/c1-2-3-4-7(6-14)15-11(16)8-5-9(12)17-10(8)13;/h5,7H,2-4,6,14H2,1H3,(H,15,16);1H. The number of hydrogen-bond acceptors (Lipinski definition) is 3. The highest BCUT2D eigenvalue weighted by atomic mass is 35.5. The molecule has 3 nitrogen and oxygen atoms in total. The predicted molar refractivity (Wildman–Crippen MR) is 81.4 cm³/mol. The topological polar surface area (TPSA) is 55.1 Å². The molecule has 104 valence electrons. The van der Waals surface area contributed by atoms with E-state index in [-0.39, 0.29) is 24.4 Å². The summed E-state index contributed by atoms with van der Waals surface area (Å²) < 4.78 is 0.928. The molecule has 0 fully saturated rings. The molecule has 0 aliphatic rings. The van der Waals surface area contributed by atoms with Crippen molar-refractivity contribution >= 4 is 52.9 Å². The van der Waals surface area contributed by atoms with Crippen LogP contribution in [0.25, 0.3) is 0 Å². The second-order valence-corrected chi connectivity index (χ2v) is 6.07. The number of rotatable bonds is 6. The van der Waals surface area contributed by atoms with Gasteiger partial charge in [0.2, 0.25) is 0 Å². The molecule has 0 aliphatic heterocycles. The van der Waals surface area contributed by atoms with Gasteiger partial charge in [0.15, 0.2) is 0 Å². The lowest BCUT2D eigenvalue weighted by molar-refractivity contribution is 0.0936. The SMILES string of the molecule is CCCCC(CN)NC(=O)c1cc(Cl)sc1Cl.Cl. The zero-order valence-corrected chi connectivity index (χ0v) is 13.2. The average Bonchev–Trinajstić information content (AvgIpc) is 2.63. The Hall–Kier alpha value is -0.000000000000000222. The van der Waals surface area contributed by atoms with Gasteiger partial charge in [0.05, 0.1) is 9.90 Å². The van der Waals surface area contributed by atoms with Crippen LogP contribution in [0.4, 0.5) is 0 Å². The van der Waals surface area contributed by atoms with Crippen molar-refractivity contribution in [2.45, 2.75) is 32.2 Å². The Bertz CT molecular complexity index is 384. The Labute approximate surface area is 127 Å². The maximum absolute atomic E-state index is 11.9. The molecule has 18 heavy (non-hydrogen) atoms. The first kappa shape index (κ1) is 18.0. The molecule has 0 saturated carbocycles. The minimum Gasteiger partial charge on any atom is -0.348 e. The number of halogens is 3. The molecule has 0 aromatic carbocycles. The Morgan fingerprint density at radius 3 is 2.67 bits per heavy atom. The lowest BCUT2D eigenvalue weighted by Gasteiger charge is -2.16. The Morgan fingerprint density at radius 2 is 2.22 bits per heavy atom. The van der Waals surface area contributed by atoms with Gasteiger partial charge < -0.3 is 11.1 Å². The molecule has 3 N–H and O–H groups in total. The molecule has 1 atom stereocenters. The number of nitrogens with one attached hydrogen (secondary N) is 1. The van der Waals surface area contributed by atoms with Crippen molar-refractivity contribution in [1.82, 2.24) is 5.32 Å². The lowest BCUT2D eigenvalue weighted by Crippen LogP contribution is -2.40. The fourth-order valence-corrected chi connectivity index (χ4v) is 2.92. The summed E-state index contributed by atoms with van der Waals surface area (Å²) in [4.78, 5) is 11.9. The van der Waals surface area contributed by atoms with E-state index in [9.17, 15) is 4.79 Å². The monoisotopic (exact) mass is 330 g/mol. The Morgan fingerprint density at radius 1 is 1.56 bits per heavy atom. The summed E-state index contributed by atoms with van der Waals surface area (Å²) in [6.45, 7) is 2.53. The molecule has 1 unspecified atom stereocenters. The van der Waals surface area contributed by atoms with Crippen molar-refractivity contribution < 1.29 is 4.79 Å². The van der Waals surface area contributed by atoms with Gasteiger partial charge in [0.25, 0.3) is 5.91 Å². The molecule has 0 spiro atoms. The molecule has 1 rings (SSSR count). The highest BCUT2D eigenvalue weighted by Gasteiger charge is 2.17. The van der Waals surface area contributed by atoms with E-state index in [2.05, 4.69) is 12.2 Å². The van der Waals surface area contributed by atoms with Crippen LogP contribution in [-0.2, 0) is 0 Å². The normalized spacial score (nSPS) is 11.8. The largest absolute Gasteiger partial charge is 0.348 e. The number of nitrogens with two attached hydrogens (primary N) is 1. The first-order chi connectivity index (χ1) is 8.08. The van der Waals surface area contributed by atoms with Crippen LogP contribution in [0.2, 0.25) is 8.67 Å². The fraction of sp³-hybridized carbons (Fsp3) is 0.545. The van der Waals surface area contributed by atoms with E-state index in [0.29, 0.717) is 20.8 Å². The molecule has 1 amide bonds. The molecule has 1 heterocycles. The van der Waals surface area contributed by atoms with Gasteiger partial charge in [-0.25, -0.2) is 0 Å². The first-order valence-corrected chi connectivity index (χ1v) is 7.11. The smallest absolute Gasteiger partial charge is 0.253 e. The minimum absolute atomic E-state index is 0. The summed E-state index contributed by atoms with van der Waals surface area (Å²) in [7, 11) is 0. The molecule has 7 heteroatoms.